The van der Waals surface area contributed by atoms with E-state index in [0.29, 0.717) is 27.2 Å². The molecule has 156 valence electrons. The van der Waals surface area contributed by atoms with Crippen molar-refractivity contribution < 1.29 is 18.9 Å². The van der Waals surface area contributed by atoms with Crippen molar-refractivity contribution in [3.8, 4) is 23.1 Å². The maximum atomic E-state index is 12.6. The Kier molecular flexibility index (Phi) is 6.52. The van der Waals surface area contributed by atoms with Crippen LogP contribution in [0.5, 0.6) is 5.75 Å². The van der Waals surface area contributed by atoms with Crippen LogP contribution in [0.4, 0.5) is 11.4 Å². The van der Waals surface area contributed by atoms with Gasteiger partial charge >= 0.3 is 0 Å². The first-order valence-corrected chi connectivity index (χ1v) is 9.73. The minimum absolute atomic E-state index is 0.0580. The van der Waals surface area contributed by atoms with Gasteiger partial charge in [0.25, 0.3) is 11.6 Å². The number of non-ortho nitro benzene ring substituents is 1. The number of ether oxygens (including phenoxy) is 1. The van der Waals surface area contributed by atoms with Gasteiger partial charge in [-0.15, -0.1) is 0 Å². The first-order chi connectivity index (χ1) is 14.8. The molecule has 9 heteroatoms. The zero-order valence-corrected chi connectivity index (χ0v) is 18.1. The molecule has 0 spiro atoms. The Morgan fingerprint density at radius 2 is 2.03 bits per heavy atom. The normalized spacial score (nSPS) is 11.0. The quantitative estimate of drug-likeness (QED) is 0.215. The highest BCUT2D eigenvalue weighted by Crippen LogP contribution is 2.33. The van der Waals surface area contributed by atoms with E-state index >= 15 is 0 Å². The van der Waals surface area contributed by atoms with Crippen molar-refractivity contribution in [1.29, 1.82) is 5.26 Å². The lowest BCUT2D eigenvalue weighted by Crippen LogP contribution is -2.14. The number of nitriles is 1. The molecular formula is C22H16BrN3O5. The predicted octanol–water partition coefficient (Wildman–Crippen LogP) is 5.48. The van der Waals surface area contributed by atoms with Crippen LogP contribution in [0.25, 0.3) is 17.4 Å². The van der Waals surface area contributed by atoms with Crippen LogP contribution in [-0.4, -0.2) is 17.9 Å². The summed E-state index contributed by atoms with van der Waals surface area (Å²) in [6, 6.07) is 14.7. The minimum Gasteiger partial charge on any atom is -0.495 e. The van der Waals surface area contributed by atoms with Gasteiger partial charge in [0.15, 0.2) is 0 Å². The molecule has 3 rings (SSSR count). The van der Waals surface area contributed by atoms with Crippen LogP contribution < -0.4 is 10.1 Å². The molecule has 0 bridgehead atoms. The van der Waals surface area contributed by atoms with E-state index in [0.717, 1.165) is 5.56 Å². The number of nitrogens with one attached hydrogen (secondary N) is 1. The summed E-state index contributed by atoms with van der Waals surface area (Å²) >= 11 is 3.30. The number of methoxy groups -OCH3 is 1. The van der Waals surface area contributed by atoms with Crippen LogP contribution in [0.15, 0.2) is 63.0 Å². The van der Waals surface area contributed by atoms with Gasteiger partial charge in [-0.05, 0) is 58.7 Å². The molecule has 1 aromatic heterocycles. The lowest BCUT2D eigenvalue weighted by Gasteiger charge is -2.10. The van der Waals surface area contributed by atoms with Crippen LogP contribution in [0.1, 0.15) is 11.3 Å². The first-order valence-electron chi connectivity index (χ1n) is 8.94. The van der Waals surface area contributed by atoms with Crippen molar-refractivity contribution in [2.45, 2.75) is 6.92 Å². The van der Waals surface area contributed by atoms with Crippen LogP contribution >= 0.6 is 15.9 Å². The fraction of sp³-hybridized carbons (Fsp3) is 0.0909. The number of benzene rings is 2. The Morgan fingerprint density at radius 1 is 1.26 bits per heavy atom. The van der Waals surface area contributed by atoms with Gasteiger partial charge in [0.2, 0.25) is 0 Å². The molecular weight excluding hydrogens is 466 g/mol. The number of carbonyl (C=O) groups excluding carboxylic acids is 1. The molecule has 1 N–H and O–H groups in total. The highest BCUT2D eigenvalue weighted by molar-refractivity contribution is 9.10. The number of anilines is 1. The lowest BCUT2D eigenvalue weighted by atomic mass is 10.1. The van der Waals surface area contributed by atoms with Gasteiger partial charge < -0.3 is 14.5 Å². The zero-order valence-electron chi connectivity index (χ0n) is 16.5. The van der Waals surface area contributed by atoms with Crippen molar-refractivity contribution in [2.75, 3.05) is 12.4 Å². The van der Waals surface area contributed by atoms with Crippen LogP contribution in [0.3, 0.4) is 0 Å². The van der Waals surface area contributed by atoms with E-state index in [1.165, 1.54) is 25.3 Å². The van der Waals surface area contributed by atoms with Gasteiger partial charge in [-0.25, -0.2) is 0 Å². The summed E-state index contributed by atoms with van der Waals surface area (Å²) in [6.45, 7) is 1.87. The molecule has 0 fully saturated rings. The van der Waals surface area contributed by atoms with Gasteiger partial charge in [0.05, 0.1) is 17.7 Å². The Bertz CT molecular complexity index is 1240. The van der Waals surface area contributed by atoms with Gasteiger partial charge in [-0.3, -0.25) is 14.9 Å². The lowest BCUT2D eigenvalue weighted by molar-refractivity contribution is -0.384. The number of aryl methyl sites for hydroxylation is 1. The summed E-state index contributed by atoms with van der Waals surface area (Å²) in [6.07, 6.45) is 1.32. The Morgan fingerprint density at radius 3 is 2.68 bits per heavy atom. The van der Waals surface area contributed by atoms with Gasteiger partial charge in [0.1, 0.15) is 28.9 Å². The van der Waals surface area contributed by atoms with Crippen molar-refractivity contribution in [2.24, 2.45) is 0 Å². The average Bonchev–Trinajstić information content (AvgIpc) is 3.20. The van der Waals surface area contributed by atoms with Crippen molar-refractivity contribution in [1.82, 2.24) is 0 Å². The molecule has 0 radical (unpaired) electrons. The second-order valence-electron chi connectivity index (χ2n) is 6.45. The van der Waals surface area contributed by atoms with Crippen LogP contribution in [0.2, 0.25) is 0 Å². The van der Waals surface area contributed by atoms with Gasteiger partial charge in [0, 0.05) is 28.2 Å². The highest BCUT2D eigenvalue weighted by atomic mass is 79.9. The molecule has 8 nitrogen and oxygen atoms in total. The molecule has 0 aliphatic rings. The van der Waals surface area contributed by atoms with E-state index in [4.69, 9.17) is 9.15 Å². The fourth-order valence-electron chi connectivity index (χ4n) is 2.79. The SMILES string of the molecule is COc1ccc(C)cc1NC(=O)/C(C#N)=C/c1ccc(-c2ccc([N+](=O)[O-])cc2Br)o1. The molecule has 31 heavy (non-hydrogen) atoms. The standard InChI is InChI=1S/C22H16BrN3O5/c1-13-3-7-21(30-2)19(9-13)25-22(27)14(12-24)10-16-5-8-20(31-16)17-6-4-15(26(28)29)11-18(17)23/h3-11H,1-2H3,(H,25,27)/b14-10+. The minimum atomic E-state index is -0.610. The smallest absolute Gasteiger partial charge is 0.270 e. The van der Waals surface area contributed by atoms with Crippen LogP contribution in [0, 0.1) is 28.4 Å². The molecule has 0 aliphatic heterocycles. The maximum absolute atomic E-state index is 12.6. The van der Waals surface area contributed by atoms with Crippen molar-refractivity contribution in [3.05, 3.63) is 80.0 Å². The number of nitro benzene ring substituents is 1. The second kappa shape index (κ2) is 9.28. The topological polar surface area (TPSA) is 118 Å². The van der Waals surface area contributed by atoms with Crippen molar-refractivity contribution >= 4 is 39.3 Å². The van der Waals surface area contributed by atoms with Crippen LogP contribution in [-0.2, 0) is 4.79 Å². The Labute approximate surface area is 186 Å². The molecule has 3 aromatic rings. The number of carbonyl (C=O) groups is 1. The number of amides is 1. The van der Waals surface area contributed by atoms with Crippen molar-refractivity contribution in [3.63, 3.8) is 0 Å². The highest BCUT2D eigenvalue weighted by Gasteiger charge is 2.16. The van der Waals surface area contributed by atoms with E-state index in [1.807, 2.05) is 19.1 Å². The maximum Gasteiger partial charge on any atom is 0.270 e. The average molecular weight is 482 g/mol. The van der Waals surface area contributed by atoms with Gasteiger partial charge in [-0.2, -0.15) is 5.26 Å². The first kappa shape index (κ1) is 21.8. The molecule has 1 amide bonds. The largest absolute Gasteiger partial charge is 0.495 e. The fourth-order valence-corrected chi connectivity index (χ4v) is 3.35. The molecule has 2 aromatic carbocycles. The van der Waals surface area contributed by atoms with E-state index in [2.05, 4.69) is 21.2 Å². The van der Waals surface area contributed by atoms with E-state index in [1.54, 1.807) is 30.3 Å². The molecule has 0 atom stereocenters. The molecule has 0 unspecified atom stereocenters. The van der Waals surface area contributed by atoms with E-state index in [-0.39, 0.29) is 17.0 Å². The Hall–Kier alpha value is -3.90. The molecule has 0 aliphatic carbocycles. The number of hydrogen-bond donors (Lipinski definition) is 1. The number of nitrogens with zero attached hydrogens (tertiary/aromatic N) is 2. The number of rotatable bonds is 6. The third kappa shape index (κ3) is 4.99. The summed E-state index contributed by atoms with van der Waals surface area (Å²) in [4.78, 5) is 23.0. The van der Waals surface area contributed by atoms with Gasteiger partial charge in [-0.1, -0.05) is 6.07 Å². The Balaban J connectivity index is 1.85. The van der Waals surface area contributed by atoms with E-state index in [9.17, 15) is 20.2 Å². The molecule has 0 saturated heterocycles. The monoisotopic (exact) mass is 481 g/mol. The summed E-state index contributed by atoms with van der Waals surface area (Å²) in [7, 11) is 1.49. The van der Waals surface area contributed by atoms with E-state index < -0.39 is 10.8 Å². The number of nitro groups is 1. The zero-order chi connectivity index (χ0) is 22.5. The third-order valence-corrected chi connectivity index (χ3v) is 4.97. The summed E-state index contributed by atoms with van der Waals surface area (Å²) < 4.78 is 11.4. The summed E-state index contributed by atoms with van der Waals surface area (Å²) in [5.41, 5.74) is 1.74. The second-order valence-corrected chi connectivity index (χ2v) is 7.31. The summed E-state index contributed by atoms with van der Waals surface area (Å²) in [5.74, 6) is 0.564. The predicted molar refractivity (Wildman–Crippen MR) is 118 cm³/mol. The number of halogens is 1. The number of furan rings is 1. The third-order valence-electron chi connectivity index (χ3n) is 4.31. The molecule has 0 saturated carbocycles. The summed E-state index contributed by atoms with van der Waals surface area (Å²) in [5, 5.41) is 23.0. The molecule has 1 heterocycles. The number of hydrogen-bond acceptors (Lipinski definition) is 6.